The number of benzene rings is 3. The zero-order chi connectivity index (χ0) is 26.0. The van der Waals surface area contributed by atoms with Gasteiger partial charge in [0.2, 0.25) is 0 Å². The minimum absolute atomic E-state index is 0.00960. The lowest BCUT2D eigenvalue weighted by Gasteiger charge is -2.35. The summed E-state index contributed by atoms with van der Waals surface area (Å²) in [5.74, 6) is -1.43. The van der Waals surface area contributed by atoms with Crippen LogP contribution in [0.3, 0.4) is 0 Å². The van der Waals surface area contributed by atoms with Crippen molar-refractivity contribution < 1.29 is 28.5 Å². The van der Waals surface area contributed by atoms with Crippen LogP contribution in [-0.4, -0.2) is 39.4 Å². The number of alkyl carbamates (subject to hydrolysis) is 1. The highest BCUT2D eigenvalue weighted by Gasteiger charge is 2.40. The Labute approximate surface area is 209 Å². The first-order valence-electron chi connectivity index (χ1n) is 11.7. The Morgan fingerprint density at radius 2 is 1.33 bits per heavy atom. The molecule has 0 fully saturated rings. The summed E-state index contributed by atoms with van der Waals surface area (Å²) >= 11 is 0. The predicted octanol–water partition coefficient (Wildman–Crippen LogP) is 4.99. The third-order valence-electron chi connectivity index (χ3n) is 6.15. The van der Waals surface area contributed by atoms with Gasteiger partial charge in [-0.3, -0.25) is 0 Å². The fourth-order valence-electron chi connectivity index (χ4n) is 4.59. The van der Waals surface area contributed by atoms with E-state index in [-0.39, 0.29) is 6.54 Å². The van der Waals surface area contributed by atoms with Crippen LogP contribution in [-0.2, 0) is 4.74 Å². The highest BCUT2D eigenvalue weighted by Crippen LogP contribution is 2.40. The molecule has 3 aromatic rings. The van der Waals surface area contributed by atoms with E-state index in [0.717, 1.165) is 0 Å². The van der Waals surface area contributed by atoms with Gasteiger partial charge in [-0.05, 0) is 56.2 Å². The molecule has 0 saturated carbocycles. The van der Waals surface area contributed by atoms with Crippen LogP contribution in [0.2, 0.25) is 0 Å². The standard InChI is InChI=1S/C28H30F2N2O4/c1-28(2,3)36-27(35)31-23(16-32-25(33)21-6-4-5-7-22(21)26(32)34)24(17-8-12-19(29)13-9-17)18-10-14-20(30)15-11-18/h4-15,23-26,33-34H,16H2,1-3H3,(H,31,35)/t23-,25?,26?/m1/s1. The van der Waals surface area contributed by atoms with Crippen LogP contribution in [0.15, 0.2) is 72.8 Å². The number of ether oxygens (including phenoxy) is 1. The second-order valence-corrected chi connectivity index (χ2v) is 9.91. The van der Waals surface area contributed by atoms with Gasteiger partial charge in [0.1, 0.15) is 29.7 Å². The number of fused-ring (bicyclic) bond motifs is 1. The summed E-state index contributed by atoms with van der Waals surface area (Å²) in [5, 5.41) is 24.9. The largest absolute Gasteiger partial charge is 0.444 e. The van der Waals surface area contributed by atoms with Crippen molar-refractivity contribution in [3.63, 3.8) is 0 Å². The maximum atomic E-state index is 13.8. The topological polar surface area (TPSA) is 82.0 Å². The minimum atomic E-state index is -1.11. The molecule has 2 unspecified atom stereocenters. The summed E-state index contributed by atoms with van der Waals surface area (Å²) in [6, 6.07) is 17.9. The quantitative estimate of drug-likeness (QED) is 0.448. The highest BCUT2D eigenvalue weighted by atomic mass is 19.1. The lowest BCUT2D eigenvalue weighted by Crippen LogP contribution is -2.49. The first-order chi connectivity index (χ1) is 17.0. The van der Waals surface area contributed by atoms with E-state index in [0.29, 0.717) is 22.3 Å². The molecule has 0 aliphatic carbocycles. The van der Waals surface area contributed by atoms with Gasteiger partial charge < -0.3 is 20.3 Å². The Hall–Kier alpha value is -3.33. The Balaban J connectivity index is 1.75. The molecule has 1 heterocycles. The van der Waals surface area contributed by atoms with Gasteiger partial charge in [0.05, 0.1) is 6.04 Å². The molecule has 3 N–H and O–H groups in total. The van der Waals surface area contributed by atoms with Gasteiger partial charge in [-0.2, -0.15) is 0 Å². The van der Waals surface area contributed by atoms with Crippen LogP contribution < -0.4 is 5.32 Å². The van der Waals surface area contributed by atoms with Crippen molar-refractivity contribution in [2.24, 2.45) is 0 Å². The van der Waals surface area contributed by atoms with Gasteiger partial charge in [0.15, 0.2) is 0 Å². The number of nitrogens with one attached hydrogen (secondary N) is 1. The number of rotatable bonds is 6. The predicted molar refractivity (Wildman–Crippen MR) is 131 cm³/mol. The smallest absolute Gasteiger partial charge is 0.407 e. The van der Waals surface area contributed by atoms with Crippen molar-refractivity contribution in [1.29, 1.82) is 0 Å². The van der Waals surface area contributed by atoms with Crippen LogP contribution >= 0.6 is 0 Å². The second kappa shape index (κ2) is 10.3. The lowest BCUT2D eigenvalue weighted by atomic mass is 9.84. The minimum Gasteiger partial charge on any atom is -0.444 e. The first kappa shape index (κ1) is 25.8. The van der Waals surface area contributed by atoms with E-state index in [1.54, 1.807) is 69.3 Å². The summed E-state index contributed by atoms with van der Waals surface area (Å²) in [4.78, 5) is 14.4. The molecule has 0 bridgehead atoms. The maximum absolute atomic E-state index is 13.8. The van der Waals surface area contributed by atoms with E-state index in [9.17, 15) is 23.8 Å². The van der Waals surface area contributed by atoms with E-state index < -0.39 is 47.7 Å². The first-order valence-corrected chi connectivity index (χ1v) is 11.7. The van der Waals surface area contributed by atoms with Gasteiger partial charge in [0, 0.05) is 23.6 Å². The summed E-state index contributed by atoms with van der Waals surface area (Å²) in [6.45, 7) is 5.23. The van der Waals surface area contributed by atoms with Crippen LogP contribution in [0, 0.1) is 11.6 Å². The van der Waals surface area contributed by atoms with Crippen molar-refractivity contribution in [3.05, 3.63) is 107 Å². The molecule has 190 valence electrons. The number of aliphatic hydroxyl groups is 2. The van der Waals surface area contributed by atoms with Crippen molar-refractivity contribution in [2.45, 2.75) is 50.8 Å². The number of nitrogens with zero attached hydrogens (tertiary/aromatic N) is 1. The molecule has 1 aliphatic rings. The van der Waals surface area contributed by atoms with E-state index in [2.05, 4.69) is 5.32 Å². The summed E-state index contributed by atoms with van der Waals surface area (Å²) in [7, 11) is 0. The van der Waals surface area contributed by atoms with Gasteiger partial charge in [-0.25, -0.2) is 18.5 Å². The molecule has 1 amide bonds. The van der Waals surface area contributed by atoms with Crippen molar-refractivity contribution >= 4 is 6.09 Å². The number of carbonyl (C=O) groups excluding carboxylic acids is 1. The molecular weight excluding hydrogens is 466 g/mol. The molecule has 0 spiro atoms. The number of halogens is 2. The number of carbonyl (C=O) groups is 1. The molecular formula is C28H30F2N2O4. The molecule has 3 atom stereocenters. The Morgan fingerprint density at radius 3 is 1.75 bits per heavy atom. The van der Waals surface area contributed by atoms with E-state index in [1.807, 2.05) is 0 Å². The van der Waals surface area contributed by atoms with Gasteiger partial charge in [-0.15, -0.1) is 0 Å². The molecule has 4 rings (SSSR count). The number of hydrogen-bond donors (Lipinski definition) is 3. The molecule has 1 aliphatic heterocycles. The van der Waals surface area contributed by atoms with Gasteiger partial charge >= 0.3 is 6.09 Å². The molecule has 6 nitrogen and oxygen atoms in total. The third-order valence-corrected chi connectivity index (χ3v) is 6.15. The second-order valence-electron chi connectivity index (χ2n) is 9.91. The fourth-order valence-corrected chi connectivity index (χ4v) is 4.59. The van der Waals surface area contributed by atoms with Crippen molar-refractivity contribution in [2.75, 3.05) is 6.54 Å². The molecule has 36 heavy (non-hydrogen) atoms. The van der Waals surface area contributed by atoms with Crippen LogP contribution in [0.4, 0.5) is 13.6 Å². The number of aliphatic hydroxyl groups excluding tert-OH is 2. The lowest BCUT2D eigenvalue weighted by molar-refractivity contribution is -0.0892. The SMILES string of the molecule is CC(C)(C)OC(=O)N[C@H](CN1C(O)c2ccccc2C1O)C(c1ccc(F)cc1)c1ccc(F)cc1. The molecule has 3 aromatic carbocycles. The van der Waals surface area contributed by atoms with E-state index in [4.69, 9.17) is 4.74 Å². The number of hydrogen-bond acceptors (Lipinski definition) is 5. The van der Waals surface area contributed by atoms with Crippen LogP contribution in [0.1, 0.15) is 61.4 Å². The fraction of sp³-hybridized carbons (Fsp3) is 0.321. The summed E-state index contributed by atoms with van der Waals surface area (Å²) in [6.07, 6.45) is -2.91. The summed E-state index contributed by atoms with van der Waals surface area (Å²) in [5.41, 5.74) is 1.69. The van der Waals surface area contributed by atoms with E-state index >= 15 is 0 Å². The molecule has 0 aromatic heterocycles. The third kappa shape index (κ3) is 5.73. The van der Waals surface area contributed by atoms with E-state index in [1.165, 1.54) is 29.2 Å². The molecule has 0 saturated heterocycles. The van der Waals surface area contributed by atoms with Gasteiger partial charge in [-0.1, -0.05) is 48.5 Å². The Bertz CT molecular complexity index is 1120. The summed E-state index contributed by atoms with van der Waals surface area (Å²) < 4.78 is 33.0. The average molecular weight is 497 g/mol. The van der Waals surface area contributed by atoms with Crippen molar-refractivity contribution in [1.82, 2.24) is 10.2 Å². The van der Waals surface area contributed by atoms with Crippen molar-refractivity contribution in [3.8, 4) is 0 Å². The zero-order valence-electron chi connectivity index (χ0n) is 20.4. The Morgan fingerprint density at radius 1 is 0.889 bits per heavy atom. The Kier molecular flexibility index (Phi) is 7.40. The zero-order valence-corrected chi connectivity index (χ0v) is 20.4. The molecule has 0 radical (unpaired) electrons. The van der Waals surface area contributed by atoms with Gasteiger partial charge in [0.25, 0.3) is 0 Å². The van der Waals surface area contributed by atoms with Crippen LogP contribution in [0.5, 0.6) is 0 Å². The monoisotopic (exact) mass is 496 g/mol. The molecule has 8 heteroatoms. The van der Waals surface area contributed by atoms with Crippen LogP contribution in [0.25, 0.3) is 0 Å². The highest BCUT2D eigenvalue weighted by molar-refractivity contribution is 5.68. The normalized spacial score (nSPS) is 18.7. The average Bonchev–Trinajstić information content (AvgIpc) is 3.05. The maximum Gasteiger partial charge on any atom is 0.407 e. The number of amides is 1.